The SMILES string of the molecule is Cc1c(F)cccc1NC(=O)CC1(C(=O)O)CCC1. The maximum atomic E-state index is 13.3. The molecule has 0 saturated heterocycles. The van der Waals surface area contributed by atoms with Gasteiger partial charge in [-0.15, -0.1) is 0 Å². The fraction of sp³-hybridized carbons (Fsp3) is 0.429. The first-order valence-electron chi connectivity index (χ1n) is 6.23. The minimum Gasteiger partial charge on any atom is -0.481 e. The van der Waals surface area contributed by atoms with Crippen molar-refractivity contribution in [1.82, 2.24) is 0 Å². The largest absolute Gasteiger partial charge is 0.481 e. The molecule has 0 unspecified atom stereocenters. The molecule has 19 heavy (non-hydrogen) atoms. The Morgan fingerprint density at radius 2 is 2.11 bits per heavy atom. The molecular weight excluding hydrogens is 249 g/mol. The van der Waals surface area contributed by atoms with E-state index in [2.05, 4.69) is 5.32 Å². The van der Waals surface area contributed by atoms with Crippen LogP contribution in [0.3, 0.4) is 0 Å². The highest BCUT2D eigenvalue weighted by molar-refractivity contribution is 5.95. The molecule has 0 aromatic heterocycles. The molecule has 1 aliphatic rings. The number of halogens is 1. The highest BCUT2D eigenvalue weighted by Gasteiger charge is 2.45. The van der Waals surface area contributed by atoms with Gasteiger partial charge in [0.1, 0.15) is 5.82 Å². The molecule has 2 N–H and O–H groups in total. The van der Waals surface area contributed by atoms with Crippen molar-refractivity contribution in [2.45, 2.75) is 32.6 Å². The van der Waals surface area contributed by atoms with E-state index in [9.17, 15) is 14.0 Å². The van der Waals surface area contributed by atoms with E-state index in [4.69, 9.17) is 5.11 Å². The molecule has 4 nitrogen and oxygen atoms in total. The predicted molar refractivity (Wildman–Crippen MR) is 68.3 cm³/mol. The zero-order valence-electron chi connectivity index (χ0n) is 10.7. The number of rotatable bonds is 4. The first-order chi connectivity index (χ1) is 8.94. The van der Waals surface area contributed by atoms with Gasteiger partial charge in [0.25, 0.3) is 0 Å². The van der Waals surface area contributed by atoms with E-state index in [1.807, 2.05) is 0 Å². The summed E-state index contributed by atoms with van der Waals surface area (Å²) in [5.41, 5.74) is -0.176. The molecule has 5 heteroatoms. The van der Waals surface area contributed by atoms with Crippen molar-refractivity contribution < 1.29 is 19.1 Å². The van der Waals surface area contributed by atoms with Crippen LogP contribution in [0.4, 0.5) is 10.1 Å². The highest BCUT2D eigenvalue weighted by Crippen LogP contribution is 2.44. The van der Waals surface area contributed by atoms with E-state index < -0.39 is 17.2 Å². The minimum absolute atomic E-state index is 0.0573. The molecule has 0 radical (unpaired) electrons. The molecule has 0 aliphatic heterocycles. The van der Waals surface area contributed by atoms with E-state index in [0.29, 0.717) is 24.1 Å². The molecule has 1 fully saturated rings. The van der Waals surface area contributed by atoms with E-state index in [0.717, 1.165) is 6.42 Å². The Kier molecular flexibility index (Phi) is 3.55. The lowest BCUT2D eigenvalue weighted by Gasteiger charge is -2.36. The van der Waals surface area contributed by atoms with Crippen LogP contribution < -0.4 is 5.32 Å². The molecule has 102 valence electrons. The number of anilines is 1. The average Bonchev–Trinajstić information content (AvgIpc) is 2.29. The van der Waals surface area contributed by atoms with Crippen molar-refractivity contribution in [1.29, 1.82) is 0 Å². The third-order valence-corrected chi connectivity index (χ3v) is 3.81. The van der Waals surface area contributed by atoms with Crippen molar-refractivity contribution in [2.75, 3.05) is 5.32 Å². The number of hydrogen-bond acceptors (Lipinski definition) is 2. The van der Waals surface area contributed by atoms with E-state index in [1.165, 1.54) is 12.1 Å². The molecule has 0 spiro atoms. The van der Waals surface area contributed by atoms with Crippen LogP contribution in [0, 0.1) is 18.2 Å². The van der Waals surface area contributed by atoms with Gasteiger partial charge in [-0.05, 0) is 31.9 Å². The van der Waals surface area contributed by atoms with Crippen molar-refractivity contribution in [3.63, 3.8) is 0 Å². The Hall–Kier alpha value is -1.91. The lowest BCUT2D eigenvalue weighted by Crippen LogP contribution is -2.41. The Morgan fingerprint density at radius 3 is 2.63 bits per heavy atom. The quantitative estimate of drug-likeness (QED) is 0.879. The second-order valence-corrected chi connectivity index (χ2v) is 5.08. The highest BCUT2D eigenvalue weighted by atomic mass is 19.1. The van der Waals surface area contributed by atoms with Crippen molar-refractivity contribution >= 4 is 17.6 Å². The van der Waals surface area contributed by atoms with E-state index in [1.54, 1.807) is 13.0 Å². The molecule has 0 atom stereocenters. The normalized spacial score (nSPS) is 16.5. The van der Waals surface area contributed by atoms with Gasteiger partial charge in [0.15, 0.2) is 0 Å². The molecular formula is C14H16FNO3. The Morgan fingerprint density at radius 1 is 1.42 bits per heavy atom. The summed E-state index contributed by atoms with van der Waals surface area (Å²) in [6, 6.07) is 4.43. The van der Waals surface area contributed by atoms with Crippen molar-refractivity contribution in [3.8, 4) is 0 Å². The number of carboxylic acid groups (broad SMARTS) is 1. The number of carboxylic acids is 1. The summed E-state index contributed by atoms with van der Waals surface area (Å²) in [5.74, 6) is -1.70. The van der Waals surface area contributed by atoms with Gasteiger partial charge in [0, 0.05) is 17.7 Å². The summed E-state index contributed by atoms with van der Waals surface area (Å²) >= 11 is 0. The molecule has 1 amide bonds. The van der Waals surface area contributed by atoms with Crippen LogP contribution in [0.15, 0.2) is 18.2 Å². The molecule has 1 saturated carbocycles. The fourth-order valence-electron chi connectivity index (χ4n) is 2.31. The Labute approximate surface area is 110 Å². The zero-order chi connectivity index (χ0) is 14.0. The van der Waals surface area contributed by atoms with E-state index >= 15 is 0 Å². The van der Waals surface area contributed by atoms with Crippen LogP contribution in [0.2, 0.25) is 0 Å². The maximum absolute atomic E-state index is 13.3. The van der Waals surface area contributed by atoms with Gasteiger partial charge in [-0.2, -0.15) is 0 Å². The van der Waals surface area contributed by atoms with Crippen LogP contribution in [0.25, 0.3) is 0 Å². The van der Waals surface area contributed by atoms with Crippen LogP contribution in [-0.2, 0) is 9.59 Å². The standard InChI is InChI=1S/C14H16FNO3/c1-9-10(15)4-2-5-11(9)16-12(17)8-14(13(18)19)6-3-7-14/h2,4-5H,3,6-8H2,1H3,(H,16,17)(H,18,19). The number of carbonyl (C=O) groups excluding carboxylic acids is 1. The van der Waals surface area contributed by atoms with Gasteiger partial charge in [-0.25, -0.2) is 4.39 Å². The van der Waals surface area contributed by atoms with Crippen LogP contribution in [0.5, 0.6) is 0 Å². The lowest BCUT2D eigenvalue weighted by atomic mass is 9.66. The molecule has 0 heterocycles. The van der Waals surface area contributed by atoms with Gasteiger partial charge in [0.05, 0.1) is 5.41 Å². The molecule has 1 aromatic carbocycles. The average molecular weight is 265 g/mol. The summed E-state index contributed by atoms with van der Waals surface area (Å²) in [7, 11) is 0. The fourth-order valence-corrected chi connectivity index (χ4v) is 2.31. The van der Waals surface area contributed by atoms with Gasteiger partial charge < -0.3 is 10.4 Å². The summed E-state index contributed by atoms with van der Waals surface area (Å²) < 4.78 is 13.3. The van der Waals surface area contributed by atoms with Gasteiger partial charge in [0.2, 0.25) is 5.91 Å². The topological polar surface area (TPSA) is 66.4 Å². The zero-order valence-corrected chi connectivity index (χ0v) is 10.7. The molecule has 1 aromatic rings. The predicted octanol–water partition coefficient (Wildman–Crippen LogP) is 2.72. The third kappa shape index (κ3) is 2.59. The van der Waals surface area contributed by atoms with Crippen molar-refractivity contribution in [2.24, 2.45) is 5.41 Å². The van der Waals surface area contributed by atoms with Crippen LogP contribution in [0.1, 0.15) is 31.2 Å². The molecule has 2 rings (SSSR count). The third-order valence-electron chi connectivity index (χ3n) is 3.81. The summed E-state index contributed by atoms with van der Waals surface area (Å²) in [4.78, 5) is 23.1. The van der Waals surface area contributed by atoms with Gasteiger partial charge in [-0.1, -0.05) is 12.5 Å². The number of amides is 1. The monoisotopic (exact) mass is 265 g/mol. The second kappa shape index (κ2) is 4.99. The summed E-state index contributed by atoms with van der Waals surface area (Å²) in [6.45, 7) is 1.57. The van der Waals surface area contributed by atoms with E-state index in [-0.39, 0.29) is 12.3 Å². The van der Waals surface area contributed by atoms with Crippen molar-refractivity contribution in [3.05, 3.63) is 29.6 Å². The summed E-state index contributed by atoms with van der Waals surface area (Å²) in [5, 5.41) is 11.7. The number of aliphatic carboxylic acids is 1. The van der Waals surface area contributed by atoms with Crippen LogP contribution in [-0.4, -0.2) is 17.0 Å². The first-order valence-corrected chi connectivity index (χ1v) is 6.23. The first kappa shape index (κ1) is 13.5. The Balaban J connectivity index is 2.06. The molecule has 0 bridgehead atoms. The Bertz CT molecular complexity index is 523. The second-order valence-electron chi connectivity index (χ2n) is 5.08. The van der Waals surface area contributed by atoms with Crippen LogP contribution >= 0.6 is 0 Å². The lowest BCUT2D eigenvalue weighted by molar-refractivity contribution is -0.157. The number of nitrogens with one attached hydrogen (secondary N) is 1. The minimum atomic E-state index is -0.926. The summed E-state index contributed by atoms with van der Waals surface area (Å²) in [6.07, 6.45) is 1.83. The van der Waals surface area contributed by atoms with Gasteiger partial charge >= 0.3 is 5.97 Å². The number of carbonyl (C=O) groups is 2. The number of benzene rings is 1. The smallest absolute Gasteiger partial charge is 0.310 e. The van der Waals surface area contributed by atoms with Gasteiger partial charge in [-0.3, -0.25) is 9.59 Å². The molecule has 1 aliphatic carbocycles. The maximum Gasteiger partial charge on any atom is 0.310 e. The number of hydrogen-bond donors (Lipinski definition) is 2.